The van der Waals surface area contributed by atoms with Crippen LogP contribution in [0.2, 0.25) is 10.0 Å². The van der Waals surface area contributed by atoms with Crippen LogP contribution in [0, 0.1) is 0 Å². The number of halogens is 3. The Balaban J connectivity index is 1.54. The third-order valence-electron chi connectivity index (χ3n) is 5.42. The van der Waals surface area contributed by atoms with E-state index < -0.39 is 11.9 Å². The minimum absolute atomic E-state index is 0.0303. The van der Waals surface area contributed by atoms with E-state index in [0.717, 1.165) is 5.69 Å². The van der Waals surface area contributed by atoms with Crippen molar-refractivity contribution in [3.63, 3.8) is 0 Å². The summed E-state index contributed by atoms with van der Waals surface area (Å²) in [7, 11) is 0. The Morgan fingerprint density at radius 3 is 2.63 bits per heavy atom. The molecule has 35 heavy (non-hydrogen) atoms. The highest BCUT2D eigenvalue weighted by Crippen LogP contribution is 2.34. The van der Waals surface area contributed by atoms with E-state index in [-0.39, 0.29) is 18.3 Å². The van der Waals surface area contributed by atoms with Gasteiger partial charge in [0.1, 0.15) is 17.5 Å². The van der Waals surface area contributed by atoms with Gasteiger partial charge in [-0.2, -0.15) is 5.10 Å². The first-order chi connectivity index (χ1) is 16.9. The van der Waals surface area contributed by atoms with Gasteiger partial charge in [-0.05, 0) is 49.8 Å². The first-order valence-corrected chi connectivity index (χ1v) is 11.7. The number of aromatic nitrogens is 4. The summed E-state index contributed by atoms with van der Waals surface area (Å²) in [6, 6.07) is 8.81. The molecule has 0 bridgehead atoms. The quantitative estimate of drug-likeness (QED) is 0.263. The number of aromatic amines is 1. The molecule has 0 saturated carbocycles. The second-order valence-corrected chi connectivity index (χ2v) is 8.91. The summed E-state index contributed by atoms with van der Waals surface area (Å²) < 4.78 is 21.2. The molecule has 2 atom stereocenters. The lowest BCUT2D eigenvalue weighted by Crippen LogP contribution is -2.28. The van der Waals surface area contributed by atoms with Crippen molar-refractivity contribution in [1.82, 2.24) is 25.5 Å². The lowest BCUT2D eigenvalue weighted by atomic mass is 10.1. The fraction of sp³-hybridized carbons (Fsp3) is 0.240. The minimum Gasteiger partial charge on any atom is -0.486 e. The van der Waals surface area contributed by atoms with Crippen molar-refractivity contribution in [2.24, 2.45) is 0 Å². The Morgan fingerprint density at radius 2 is 1.94 bits per heavy atom. The van der Waals surface area contributed by atoms with Gasteiger partial charge in [0.05, 0.1) is 27.9 Å². The molecule has 0 spiro atoms. The molecule has 3 heterocycles. The van der Waals surface area contributed by atoms with E-state index >= 15 is 4.39 Å². The van der Waals surface area contributed by atoms with Crippen molar-refractivity contribution in [2.45, 2.75) is 32.5 Å². The molecule has 0 aliphatic rings. The van der Waals surface area contributed by atoms with Crippen molar-refractivity contribution in [3.8, 4) is 5.75 Å². The smallest absolute Gasteiger partial charge is 0.151 e. The van der Waals surface area contributed by atoms with Crippen molar-refractivity contribution in [3.05, 3.63) is 81.5 Å². The normalized spacial score (nSPS) is 13.7. The van der Waals surface area contributed by atoms with Crippen LogP contribution in [0.15, 0.2) is 48.9 Å². The molecule has 0 fully saturated rings. The molecular weight excluding hydrogens is 492 g/mol. The maximum atomic E-state index is 15.2. The fourth-order valence-electron chi connectivity index (χ4n) is 3.51. The summed E-state index contributed by atoms with van der Waals surface area (Å²) in [5.41, 5.74) is 2.85. The third kappa shape index (κ3) is 5.97. The van der Waals surface area contributed by atoms with Crippen molar-refractivity contribution < 1.29 is 14.2 Å². The summed E-state index contributed by atoms with van der Waals surface area (Å²) in [5.74, 6) is 0.00303. The molecule has 0 amide bonds. The standard InChI is InChI=1S/C25H24Cl2FN5O2/c1-14(13-34)30-10-17-4-3-16(9-31-17)7-22(28)25-19-8-18(5-6-23(19)32-33-25)35-15(2)24-20(26)11-29-12-21(24)27/h3-9,11-12,14-15,30,34H,10,13H2,1-2H3,(H,32,33)/b22-7-. The number of hydrogen-bond donors (Lipinski definition) is 3. The number of benzene rings is 1. The maximum absolute atomic E-state index is 15.2. The van der Waals surface area contributed by atoms with Crippen LogP contribution in [0.1, 0.15) is 42.5 Å². The number of rotatable bonds is 9. The minimum atomic E-state index is -0.511. The highest BCUT2D eigenvalue weighted by molar-refractivity contribution is 6.35. The molecule has 0 aliphatic heterocycles. The fourth-order valence-corrected chi connectivity index (χ4v) is 4.18. The van der Waals surface area contributed by atoms with Gasteiger partial charge in [0, 0.05) is 42.1 Å². The van der Waals surface area contributed by atoms with E-state index in [2.05, 4.69) is 25.5 Å². The number of nitrogens with one attached hydrogen (secondary N) is 2. The zero-order valence-electron chi connectivity index (χ0n) is 19.1. The van der Waals surface area contributed by atoms with E-state index in [1.54, 1.807) is 30.5 Å². The molecule has 0 radical (unpaired) electrons. The lowest BCUT2D eigenvalue weighted by molar-refractivity contribution is 0.227. The highest BCUT2D eigenvalue weighted by atomic mass is 35.5. The zero-order valence-corrected chi connectivity index (χ0v) is 20.6. The van der Waals surface area contributed by atoms with E-state index in [1.165, 1.54) is 18.5 Å². The number of H-pyrrole nitrogens is 1. The molecule has 0 aliphatic carbocycles. The van der Waals surface area contributed by atoms with Gasteiger partial charge >= 0.3 is 0 Å². The van der Waals surface area contributed by atoms with E-state index in [1.807, 2.05) is 19.9 Å². The first-order valence-electron chi connectivity index (χ1n) is 11.0. The summed E-state index contributed by atoms with van der Waals surface area (Å²) in [6.07, 6.45) is 5.53. The Hall–Kier alpha value is -3.04. The van der Waals surface area contributed by atoms with Crippen molar-refractivity contribution in [1.29, 1.82) is 0 Å². The molecule has 3 N–H and O–H groups in total. The van der Waals surface area contributed by atoms with Crippen LogP contribution in [-0.4, -0.2) is 37.9 Å². The van der Waals surface area contributed by atoms with Crippen LogP contribution in [0.3, 0.4) is 0 Å². The summed E-state index contributed by atoms with van der Waals surface area (Å²) >= 11 is 12.5. The molecule has 182 valence electrons. The number of aliphatic hydroxyl groups is 1. The second-order valence-electron chi connectivity index (χ2n) is 8.10. The van der Waals surface area contributed by atoms with Crippen molar-refractivity contribution >= 4 is 46.0 Å². The largest absolute Gasteiger partial charge is 0.486 e. The Morgan fingerprint density at radius 1 is 1.17 bits per heavy atom. The number of aliphatic hydroxyl groups excluding tert-OH is 1. The number of fused-ring (bicyclic) bond motifs is 1. The van der Waals surface area contributed by atoms with Gasteiger partial charge in [-0.3, -0.25) is 15.1 Å². The Bertz CT molecular complexity index is 1320. The first kappa shape index (κ1) is 25.1. The summed E-state index contributed by atoms with van der Waals surface area (Å²) in [5, 5.41) is 20.6. The van der Waals surface area contributed by atoms with E-state index in [4.69, 9.17) is 33.0 Å². The molecule has 4 rings (SSSR count). The van der Waals surface area contributed by atoms with Gasteiger partial charge in [-0.1, -0.05) is 29.3 Å². The summed E-state index contributed by atoms with van der Waals surface area (Å²) in [6.45, 7) is 4.25. The molecule has 4 aromatic rings. The molecule has 7 nitrogen and oxygen atoms in total. The van der Waals surface area contributed by atoms with Crippen LogP contribution in [0.5, 0.6) is 5.75 Å². The molecular formula is C25H24Cl2FN5O2. The van der Waals surface area contributed by atoms with Crippen LogP contribution in [-0.2, 0) is 6.54 Å². The van der Waals surface area contributed by atoms with Crippen LogP contribution in [0.25, 0.3) is 22.8 Å². The van der Waals surface area contributed by atoms with Crippen LogP contribution >= 0.6 is 23.2 Å². The number of ether oxygens (including phenoxy) is 1. The Labute approximate surface area is 212 Å². The lowest BCUT2D eigenvalue weighted by Gasteiger charge is -2.17. The number of hydrogen-bond acceptors (Lipinski definition) is 6. The predicted octanol–water partition coefficient (Wildman–Crippen LogP) is 5.74. The topological polar surface area (TPSA) is 96.0 Å². The van der Waals surface area contributed by atoms with Gasteiger partial charge in [0.25, 0.3) is 0 Å². The van der Waals surface area contributed by atoms with Crippen LogP contribution < -0.4 is 10.1 Å². The zero-order chi connectivity index (χ0) is 24.9. The highest BCUT2D eigenvalue weighted by Gasteiger charge is 2.17. The second kappa shape index (κ2) is 11.1. The van der Waals surface area contributed by atoms with Crippen molar-refractivity contribution in [2.75, 3.05) is 6.61 Å². The molecule has 1 aromatic carbocycles. The SMILES string of the molecule is CC(CO)NCc1ccc(/C=C(\F)c2n[nH]c3ccc(OC(C)c4c(Cl)cncc4Cl)cc23)cn1. The number of nitrogens with zero attached hydrogens (tertiary/aromatic N) is 3. The Kier molecular flexibility index (Phi) is 7.97. The average molecular weight is 516 g/mol. The van der Waals surface area contributed by atoms with Crippen LogP contribution in [0.4, 0.5) is 4.39 Å². The van der Waals surface area contributed by atoms with E-state index in [0.29, 0.717) is 44.4 Å². The third-order valence-corrected chi connectivity index (χ3v) is 6.02. The molecule has 10 heteroatoms. The average Bonchev–Trinajstić information content (AvgIpc) is 3.26. The molecule has 2 unspecified atom stereocenters. The van der Waals surface area contributed by atoms with Gasteiger partial charge in [-0.15, -0.1) is 0 Å². The molecule has 3 aromatic heterocycles. The maximum Gasteiger partial charge on any atom is 0.151 e. The van der Waals surface area contributed by atoms with Gasteiger partial charge in [0.2, 0.25) is 0 Å². The van der Waals surface area contributed by atoms with E-state index in [9.17, 15) is 0 Å². The van der Waals surface area contributed by atoms with Gasteiger partial charge in [-0.25, -0.2) is 4.39 Å². The molecule has 0 saturated heterocycles. The summed E-state index contributed by atoms with van der Waals surface area (Å²) in [4.78, 5) is 8.30. The number of pyridine rings is 2. The monoisotopic (exact) mass is 515 g/mol. The van der Waals surface area contributed by atoms with Gasteiger partial charge < -0.3 is 15.2 Å². The predicted molar refractivity (Wildman–Crippen MR) is 136 cm³/mol. The van der Waals surface area contributed by atoms with Gasteiger partial charge in [0.15, 0.2) is 5.83 Å².